The van der Waals surface area contributed by atoms with Crippen LogP contribution in [0.2, 0.25) is 0 Å². The molecule has 1 aliphatic carbocycles. The second kappa shape index (κ2) is 10.1. The summed E-state index contributed by atoms with van der Waals surface area (Å²) in [5, 5.41) is 6.71. The molecular formula is C21H29F3N4O. The number of guanidine groups is 1. The van der Waals surface area contributed by atoms with Gasteiger partial charge in [-0.05, 0) is 37.5 Å². The lowest BCUT2D eigenvalue weighted by atomic mass is 10.0. The van der Waals surface area contributed by atoms with Gasteiger partial charge >= 0.3 is 6.18 Å². The predicted octanol–water partition coefficient (Wildman–Crippen LogP) is 3.35. The molecule has 8 heteroatoms. The Labute approximate surface area is 170 Å². The Balaban J connectivity index is 1.76. The van der Waals surface area contributed by atoms with E-state index in [2.05, 4.69) is 27.7 Å². The number of benzene rings is 1. The lowest BCUT2D eigenvalue weighted by Crippen LogP contribution is -2.44. The van der Waals surface area contributed by atoms with Gasteiger partial charge in [0.2, 0.25) is 0 Å². The second-order valence-corrected chi connectivity index (χ2v) is 7.29. The summed E-state index contributed by atoms with van der Waals surface area (Å²) in [6.07, 6.45) is 1.91. The standard InChI is InChI=1S/C21H29F3N4O/c1-2-25-20(27-18-5-3-4-6-18)26-15-19(28-11-13-29-14-12-28)16-7-9-17(10-8-16)21(22,23)24/h3-4,7-10,18-19H,2,5-6,11-15H2,1H3,(H2,25,26,27). The van der Waals surface area contributed by atoms with Crippen molar-refractivity contribution < 1.29 is 17.9 Å². The molecule has 0 radical (unpaired) electrons. The molecule has 160 valence electrons. The summed E-state index contributed by atoms with van der Waals surface area (Å²) < 4.78 is 44.3. The Hall–Kier alpha value is -2.06. The molecule has 1 fully saturated rings. The van der Waals surface area contributed by atoms with E-state index in [1.807, 2.05) is 6.92 Å². The number of nitrogens with zero attached hydrogens (tertiary/aromatic N) is 2. The molecule has 1 aromatic carbocycles. The van der Waals surface area contributed by atoms with Gasteiger partial charge in [0.25, 0.3) is 0 Å². The van der Waals surface area contributed by atoms with Gasteiger partial charge in [0.15, 0.2) is 5.96 Å². The first-order chi connectivity index (χ1) is 14.0. The molecule has 0 aromatic heterocycles. The first-order valence-electron chi connectivity index (χ1n) is 10.2. The van der Waals surface area contributed by atoms with E-state index < -0.39 is 11.7 Å². The van der Waals surface area contributed by atoms with Gasteiger partial charge in [0.05, 0.1) is 31.4 Å². The van der Waals surface area contributed by atoms with Crippen LogP contribution in [0.1, 0.15) is 36.9 Å². The number of alkyl halides is 3. The molecular weight excluding hydrogens is 381 g/mol. The molecule has 3 rings (SSSR count). The number of rotatable bonds is 6. The maximum Gasteiger partial charge on any atom is 0.416 e. The van der Waals surface area contributed by atoms with E-state index in [1.165, 1.54) is 0 Å². The molecule has 29 heavy (non-hydrogen) atoms. The number of ether oxygens (including phenoxy) is 1. The van der Waals surface area contributed by atoms with Crippen LogP contribution < -0.4 is 10.6 Å². The van der Waals surface area contributed by atoms with Gasteiger partial charge in [-0.1, -0.05) is 24.3 Å². The summed E-state index contributed by atoms with van der Waals surface area (Å²) in [7, 11) is 0. The largest absolute Gasteiger partial charge is 0.416 e. The predicted molar refractivity (Wildman–Crippen MR) is 108 cm³/mol. The second-order valence-electron chi connectivity index (χ2n) is 7.29. The Kier molecular flexibility index (Phi) is 7.55. The molecule has 5 nitrogen and oxygen atoms in total. The molecule has 1 aromatic rings. The quantitative estimate of drug-likeness (QED) is 0.429. The normalized spacial score (nSPS) is 20.1. The fraction of sp³-hybridized carbons (Fsp3) is 0.571. The van der Waals surface area contributed by atoms with Gasteiger partial charge in [-0.25, -0.2) is 0 Å². The summed E-state index contributed by atoms with van der Waals surface area (Å²) in [6, 6.07) is 5.68. The average molecular weight is 410 g/mol. The van der Waals surface area contributed by atoms with Crippen molar-refractivity contribution in [1.82, 2.24) is 15.5 Å². The third-order valence-corrected chi connectivity index (χ3v) is 5.22. The highest BCUT2D eigenvalue weighted by Crippen LogP contribution is 2.31. The number of nitrogens with one attached hydrogen (secondary N) is 2. The van der Waals surface area contributed by atoms with Crippen LogP contribution >= 0.6 is 0 Å². The number of hydrogen-bond donors (Lipinski definition) is 2. The fourth-order valence-corrected chi connectivity index (χ4v) is 3.64. The van der Waals surface area contributed by atoms with Crippen LogP contribution in [0.3, 0.4) is 0 Å². The van der Waals surface area contributed by atoms with Crippen LogP contribution in [0.4, 0.5) is 13.2 Å². The average Bonchev–Trinajstić information content (AvgIpc) is 3.22. The van der Waals surface area contributed by atoms with E-state index in [0.717, 1.165) is 56.1 Å². The summed E-state index contributed by atoms with van der Waals surface area (Å²) in [5.41, 5.74) is 0.205. The Morgan fingerprint density at radius 1 is 1.17 bits per heavy atom. The smallest absolute Gasteiger partial charge is 0.379 e. The highest BCUT2D eigenvalue weighted by Gasteiger charge is 2.31. The van der Waals surface area contributed by atoms with E-state index in [9.17, 15) is 13.2 Å². The van der Waals surface area contributed by atoms with E-state index >= 15 is 0 Å². The summed E-state index contributed by atoms with van der Waals surface area (Å²) in [5.74, 6) is 0.742. The molecule has 0 bridgehead atoms. The molecule has 2 aliphatic rings. The van der Waals surface area contributed by atoms with Crippen molar-refractivity contribution in [3.63, 3.8) is 0 Å². The van der Waals surface area contributed by atoms with Gasteiger partial charge in [-0.2, -0.15) is 13.2 Å². The SMILES string of the molecule is CCNC(=NCC(c1ccc(C(F)(F)F)cc1)N1CCOCC1)NC1CC=CC1. The molecule has 2 N–H and O–H groups in total. The number of morpholine rings is 1. The van der Waals surface area contributed by atoms with Crippen molar-refractivity contribution >= 4 is 5.96 Å². The first kappa shape index (κ1) is 21.6. The zero-order valence-corrected chi connectivity index (χ0v) is 16.7. The summed E-state index contributed by atoms with van der Waals surface area (Å²) in [4.78, 5) is 6.99. The molecule has 0 saturated carbocycles. The highest BCUT2D eigenvalue weighted by atomic mass is 19.4. The zero-order valence-electron chi connectivity index (χ0n) is 16.7. The van der Waals surface area contributed by atoms with Crippen LogP contribution in [-0.4, -0.2) is 56.3 Å². The van der Waals surface area contributed by atoms with Crippen molar-refractivity contribution in [1.29, 1.82) is 0 Å². The minimum absolute atomic E-state index is 0.0988. The van der Waals surface area contributed by atoms with E-state index in [0.29, 0.717) is 25.8 Å². The fourth-order valence-electron chi connectivity index (χ4n) is 3.64. The first-order valence-corrected chi connectivity index (χ1v) is 10.2. The molecule has 1 saturated heterocycles. The Bertz CT molecular complexity index is 689. The summed E-state index contributed by atoms with van der Waals surface area (Å²) in [6.45, 7) is 5.92. The molecule has 1 unspecified atom stereocenters. The van der Waals surface area contributed by atoms with Gasteiger partial charge < -0.3 is 15.4 Å². The van der Waals surface area contributed by atoms with Gasteiger partial charge in [-0.3, -0.25) is 9.89 Å². The number of aliphatic imine (C=N–C) groups is 1. The summed E-state index contributed by atoms with van der Waals surface area (Å²) >= 11 is 0. The molecule has 0 amide bonds. The third-order valence-electron chi connectivity index (χ3n) is 5.22. The minimum Gasteiger partial charge on any atom is -0.379 e. The Morgan fingerprint density at radius 2 is 1.83 bits per heavy atom. The lowest BCUT2D eigenvalue weighted by Gasteiger charge is -2.34. The van der Waals surface area contributed by atoms with Crippen LogP contribution in [-0.2, 0) is 10.9 Å². The van der Waals surface area contributed by atoms with E-state index in [-0.39, 0.29) is 6.04 Å². The third kappa shape index (κ3) is 6.21. The lowest BCUT2D eigenvalue weighted by molar-refractivity contribution is -0.137. The minimum atomic E-state index is -4.33. The topological polar surface area (TPSA) is 48.9 Å². The van der Waals surface area contributed by atoms with Gasteiger partial charge in [0.1, 0.15) is 0 Å². The van der Waals surface area contributed by atoms with Crippen molar-refractivity contribution in [2.24, 2.45) is 4.99 Å². The monoisotopic (exact) mass is 410 g/mol. The van der Waals surface area contributed by atoms with Gasteiger partial charge in [-0.15, -0.1) is 0 Å². The zero-order chi connectivity index (χ0) is 20.7. The number of halogens is 3. The molecule has 0 spiro atoms. The van der Waals surface area contributed by atoms with Gasteiger partial charge in [0, 0.05) is 25.7 Å². The maximum atomic E-state index is 12.9. The van der Waals surface area contributed by atoms with Crippen LogP contribution in [0.25, 0.3) is 0 Å². The van der Waals surface area contributed by atoms with Crippen molar-refractivity contribution in [3.8, 4) is 0 Å². The molecule has 1 atom stereocenters. The highest BCUT2D eigenvalue weighted by molar-refractivity contribution is 5.80. The molecule has 1 heterocycles. The van der Waals surface area contributed by atoms with E-state index in [4.69, 9.17) is 9.73 Å². The van der Waals surface area contributed by atoms with E-state index in [1.54, 1.807) is 12.1 Å². The number of hydrogen-bond acceptors (Lipinski definition) is 3. The van der Waals surface area contributed by atoms with Crippen molar-refractivity contribution in [2.45, 2.75) is 38.0 Å². The maximum absolute atomic E-state index is 12.9. The van der Waals surface area contributed by atoms with Crippen molar-refractivity contribution in [2.75, 3.05) is 39.4 Å². The van der Waals surface area contributed by atoms with Crippen LogP contribution in [0.15, 0.2) is 41.4 Å². The van der Waals surface area contributed by atoms with Crippen LogP contribution in [0.5, 0.6) is 0 Å². The van der Waals surface area contributed by atoms with Crippen LogP contribution in [0, 0.1) is 0 Å². The molecule has 1 aliphatic heterocycles. The Morgan fingerprint density at radius 3 is 2.41 bits per heavy atom. The van der Waals surface area contributed by atoms with Crippen molar-refractivity contribution in [3.05, 3.63) is 47.5 Å².